The molecule has 0 radical (unpaired) electrons. The van der Waals surface area contributed by atoms with Crippen molar-refractivity contribution in [1.29, 1.82) is 0 Å². The maximum atomic E-state index is 13.8. The summed E-state index contributed by atoms with van der Waals surface area (Å²) < 4.78 is 15.0. The van der Waals surface area contributed by atoms with Crippen molar-refractivity contribution in [2.24, 2.45) is 0 Å². The van der Waals surface area contributed by atoms with Crippen molar-refractivity contribution in [3.8, 4) is 11.3 Å². The normalized spacial score (nSPS) is 10.5. The van der Waals surface area contributed by atoms with Crippen LogP contribution in [0.1, 0.15) is 5.56 Å². The Bertz CT molecular complexity index is 982. The van der Waals surface area contributed by atoms with Gasteiger partial charge >= 0.3 is 0 Å². The highest BCUT2D eigenvalue weighted by atomic mass is 19.1. The minimum Gasteiger partial charge on any atom is -0.325 e. The topological polar surface area (TPSA) is 64.0 Å². The van der Waals surface area contributed by atoms with Crippen molar-refractivity contribution >= 4 is 11.6 Å². The molecule has 0 saturated carbocycles. The van der Waals surface area contributed by atoms with Crippen LogP contribution in [-0.4, -0.2) is 15.5 Å². The number of amides is 1. The van der Waals surface area contributed by atoms with Gasteiger partial charge in [-0.2, -0.15) is 0 Å². The molecule has 6 heteroatoms. The van der Waals surface area contributed by atoms with Gasteiger partial charge in [0.25, 0.3) is 5.56 Å². The quantitative estimate of drug-likeness (QED) is 0.796. The SMILES string of the molecule is Cc1cccc(NC(=O)Cn2cnc(-c3ccccc3F)cc2=O)c1. The average Bonchev–Trinajstić information content (AvgIpc) is 2.57. The number of nitrogens with zero attached hydrogens (tertiary/aromatic N) is 2. The molecule has 0 aliphatic rings. The summed E-state index contributed by atoms with van der Waals surface area (Å²) in [4.78, 5) is 28.4. The molecule has 25 heavy (non-hydrogen) atoms. The number of carbonyl (C=O) groups is 1. The molecule has 1 N–H and O–H groups in total. The Morgan fingerprint density at radius 3 is 2.68 bits per heavy atom. The average molecular weight is 337 g/mol. The van der Waals surface area contributed by atoms with Gasteiger partial charge in [0.1, 0.15) is 12.4 Å². The van der Waals surface area contributed by atoms with Crippen LogP contribution in [0.2, 0.25) is 0 Å². The number of aromatic nitrogens is 2. The molecule has 3 aromatic rings. The highest BCUT2D eigenvalue weighted by Crippen LogP contribution is 2.18. The molecule has 0 saturated heterocycles. The summed E-state index contributed by atoms with van der Waals surface area (Å²) in [6.45, 7) is 1.75. The van der Waals surface area contributed by atoms with Gasteiger partial charge in [-0.3, -0.25) is 14.2 Å². The summed E-state index contributed by atoms with van der Waals surface area (Å²) in [5, 5.41) is 2.73. The molecule has 0 fully saturated rings. The lowest BCUT2D eigenvalue weighted by Gasteiger charge is -2.08. The number of halogens is 1. The fourth-order valence-corrected chi connectivity index (χ4v) is 2.44. The Labute approximate surface area is 143 Å². The van der Waals surface area contributed by atoms with E-state index in [1.807, 2.05) is 25.1 Å². The third-order valence-corrected chi connectivity index (χ3v) is 3.65. The maximum Gasteiger partial charge on any atom is 0.254 e. The van der Waals surface area contributed by atoms with E-state index in [2.05, 4.69) is 10.3 Å². The van der Waals surface area contributed by atoms with Gasteiger partial charge < -0.3 is 5.32 Å². The predicted molar refractivity (Wildman–Crippen MR) is 93.7 cm³/mol. The zero-order chi connectivity index (χ0) is 17.8. The number of hydrogen-bond acceptors (Lipinski definition) is 3. The van der Waals surface area contributed by atoms with E-state index in [-0.39, 0.29) is 23.7 Å². The molecule has 126 valence electrons. The number of rotatable bonds is 4. The van der Waals surface area contributed by atoms with Gasteiger partial charge in [-0.25, -0.2) is 9.37 Å². The van der Waals surface area contributed by atoms with E-state index in [9.17, 15) is 14.0 Å². The van der Waals surface area contributed by atoms with Crippen molar-refractivity contribution in [2.45, 2.75) is 13.5 Å². The van der Waals surface area contributed by atoms with Gasteiger partial charge in [0.15, 0.2) is 0 Å². The first-order valence-electron chi connectivity index (χ1n) is 7.71. The smallest absolute Gasteiger partial charge is 0.254 e. The molecule has 3 rings (SSSR count). The monoisotopic (exact) mass is 337 g/mol. The first-order valence-corrected chi connectivity index (χ1v) is 7.71. The molecule has 0 aliphatic heterocycles. The minimum atomic E-state index is -0.454. The van der Waals surface area contributed by atoms with Gasteiger partial charge in [-0.1, -0.05) is 24.3 Å². The molecule has 1 aromatic heterocycles. The van der Waals surface area contributed by atoms with Crippen molar-refractivity contribution in [3.63, 3.8) is 0 Å². The van der Waals surface area contributed by atoms with Crippen LogP contribution in [-0.2, 0) is 11.3 Å². The van der Waals surface area contributed by atoms with Crippen LogP contribution in [0.5, 0.6) is 0 Å². The fraction of sp³-hybridized carbons (Fsp3) is 0.105. The van der Waals surface area contributed by atoms with Crippen LogP contribution in [0.15, 0.2) is 65.7 Å². The van der Waals surface area contributed by atoms with E-state index in [1.54, 1.807) is 24.3 Å². The lowest BCUT2D eigenvalue weighted by atomic mass is 10.1. The van der Waals surface area contributed by atoms with Gasteiger partial charge in [0.05, 0.1) is 12.0 Å². The standard InChI is InChI=1S/C19H16FN3O2/c1-13-5-4-6-14(9-13)22-18(24)11-23-12-21-17(10-19(23)25)15-7-2-3-8-16(15)20/h2-10,12H,11H2,1H3,(H,22,24). The van der Waals surface area contributed by atoms with Crippen LogP contribution < -0.4 is 10.9 Å². The van der Waals surface area contributed by atoms with Crippen LogP contribution in [0.4, 0.5) is 10.1 Å². The van der Waals surface area contributed by atoms with Crippen molar-refractivity contribution in [1.82, 2.24) is 9.55 Å². The Hall–Kier alpha value is -3.28. The molecule has 1 amide bonds. The lowest BCUT2D eigenvalue weighted by Crippen LogP contribution is -2.27. The molecular weight excluding hydrogens is 321 g/mol. The number of carbonyl (C=O) groups excluding carboxylic acids is 1. The van der Waals surface area contributed by atoms with Gasteiger partial charge in [-0.15, -0.1) is 0 Å². The second-order valence-corrected chi connectivity index (χ2v) is 5.64. The number of benzene rings is 2. The maximum absolute atomic E-state index is 13.8. The number of nitrogens with one attached hydrogen (secondary N) is 1. The third-order valence-electron chi connectivity index (χ3n) is 3.65. The molecule has 0 spiro atoms. The molecule has 1 heterocycles. The Morgan fingerprint density at radius 1 is 1.16 bits per heavy atom. The first-order chi connectivity index (χ1) is 12.0. The first kappa shape index (κ1) is 16.6. The second-order valence-electron chi connectivity index (χ2n) is 5.64. The Balaban J connectivity index is 1.76. The van der Waals surface area contributed by atoms with Gasteiger partial charge in [0, 0.05) is 17.3 Å². The van der Waals surface area contributed by atoms with Crippen LogP contribution >= 0.6 is 0 Å². The highest BCUT2D eigenvalue weighted by molar-refractivity contribution is 5.90. The van der Waals surface area contributed by atoms with E-state index in [0.717, 1.165) is 5.56 Å². The summed E-state index contributed by atoms with van der Waals surface area (Å²) >= 11 is 0. The van der Waals surface area contributed by atoms with Crippen molar-refractivity contribution in [2.75, 3.05) is 5.32 Å². The molecule has 0 atom stereocenters. The minimum absolute atomic E-state index is 0.169. The van der Waals surface area contributed by atoms with E-state index in [0.29, 0.717) is 5.69 Å². The van der Waals surface area contributed by atoms with Crippen molar-refractivity contribution < 1.29 is 9.18 Å². The van der Waals surface area contributed by atoms with E-state index < -0.39 is 11.4 Å². The van der Waals surface area contributed by atoms with Crippen molar-refractivity contribution in [3.05, 3.63) is 82.7 Å². The number of anilines is 1. The van der Waals surface area contributed by atoms with E-state index in [1.165, 1.54) is 23.0 Å². The van der Waals surface area contributed by atoms with Crippen LogP contribution in [0.3, 0.4) is 0 Å². The summed E-state index contributed by atoms with van der Waals surface area (Å²) in [6, 6.07) is 14.7. The predicted octanol–water partition coefficient (Wildman–Crippen LogP) is 3.00. The molecule has 0 aliphatic carbocycles. The third kappa shape index (κ3) is 3.98. The lowest BCUT2D eigenvalue weighted by molar-refractivity contribution is -0.116. The highest BCUT2D eigenvalue weighted by Gasteiger charge is 2.10. The Morgan fingerprint density at radius 2 is 1.96 bits per heavy atom. The summed E-state index contributed by atoms with van der Waals surface area (Å²) in [7, 11) is 0. The summed E-state index contributed by atoms with van der Waals surface area (Å²) in [6.07, 6.45) is 1.25. The zero-order valence-corrected chi connectivity index (χ0v) is 13.6. The summed E-state index contributed by atoms with van der Waals surface area (Å²) in [5.74, 6) is -0.794. The van der Waals surface area contributed by atoms with Gasteiger partial charge in [-0.05, 0) is 36.8 Å². The molecule has 5 nitrogen and oxygen atoms in total. The Kier molecular flexibility index (Phi) is 4.70. The van der Waals surface area contributed by atoms with E-state index >= 15 is 0 Å². The van der Waals surface area contributed by atoms with Crippen LogP contribution in [0, 0.1) is 12.7 Å². The number of aryl methyl sites for hydroxylation is 1. The molecular formula is C19H16FN3O2. The number of hydrogen-bond donors (Lipinski definition) is 1. The molecule has 0 bridgehead atoms. The fourth-order valence-electron chi connectivity index (χ4n) is 2.44. The molecule has 2 aromatic carbocycles. The largest absolute Gasteiger partial charge is 0.325 e. The van der Waals surface area contributed by atoms with E-state index in [4.69, 9.17) is 0 Å². The van der Waals surface area contributed by atoms with Gasteiger partial charge in [0.2, 0.25) is 5.91 Å². The second kappa shape index (κ2) is 7.09. The van der Waals surface area contributed by atoms with Crippen LogP contribution in [0.25, 0.3) is 11.3 Å². The summed E-state index contributed by atoms with van der Waals surface area (Å²) in [5.41, 5.74) is 1.74. The molecule has 0 unspecified atom stereocenters. The zero-order valence-electron chi connectivity index (χ0n) is 13.6.